The van der Waals surface area contributed by atoms with Gasteiger partial charge in [-0.05, 0) is 85.4 Å². The van der Waals surface area contributed by atoms with Gasteiger partial charge in [0.2, 0.25) is 11.8 Å². The van der Waals surface area contributed by atoms with Gasteiger partial charge in [0.15, 0.2) is 10.6 Å². The molecule has 2 aromatic rings. The molecule has 0 aliphatic heterocycles. The number of carbonyl (C=O) groups excluding carboxylic acids is 2. The van der Waals surface area contributed by atoms with Crippen LogP contribution in [0, 0.1) is 27.9 Å². The maximum atomic E-state index is 12.6. The Hall–Kier alpha value is -2.00. The molecule has 2 amide bonds. The summed E-state index contributed by atoms with van der Waals surface area (Å²) in [5.41, 5.74) is 5.41. The minimum Gasteiger partial charge on any atom is -0.299 e. The summed E-state index contributed by atoms with van der Waals surface area (Å²) in [6, 6.07) is 3.92. The smallest absolute Gasteiger partial charge is 0.240 e. The Bertz CT molecular complexity index is 958. The standard InChI is InChI=1S/C21H27N5O2S2/c27-17(3-4-26-19(24-25-20(26)29)16-2-1-5-30-16)22-23-18(28)12-21-9-13-6-14(10-21)8-15(7-13)11-21/h1-2,5,13-15H,3-4,6-12H2,(H,22,27)(H,23,28)(H,25,29). The molecule has 0 atom stereocenters. The summed E-state index contributed by atoms with van der Waals surface area (Å²) in [6.07, 6.45) is 8.39. The van der Waals surface area contributed by atoms with Crippen LogP contribution < -0.4 is 10.9 Å². The molecule has 4 aliphatic rings. The molecule has 0 saturated heterocycles. The predicted octanol–water partition coefficient (Wildman–Crippen LogP) is 3.81. The number of H-pyrrole nitrogens is 1. The van der Waals surface area contributed by atoms with Crippen molar-refractivity contribution in [3.8, 4) is 10.7 Å². The highest BCUT2D eigenvalue weighted by molar-refractivity contribution is 7.71. The van der Waals surface area contributed by atoms with Crippen LogP contribution in [0.15, 0.2) is 17.5 Å². The fourth-order valence-electron chi connectivity index (χ4n) is 6.43. The molecule has 4 saturated carbocycles. The number of amides is 2. The van der Waals surface area contributed by atoms with Gasteiger partial charge in [0.1, 0.15) is 0 Å². The Labute approximate surface area is 184 Å². The summed E-state index contributed by atoms with van der Waals surface area (Å²) in [5, 5.41) is 9.04. The summed E-state index contributed by atoms with van der Waals surface area (Å²) in [4.78, 5) is 25.9. The van der Waals surface area contributed by atoms with Gasteiger partial charge in [-0.25, -0.2) is 0 Å². The number of carbonyl (C=O) groups is 2. The van der Waals surface area contributed by atoms with Gasteiger partial charge in [-0.1, -0.05) is 6.07 Å². The van der Waals surface area contributed by atoms with Crippen LogP contribution in [-0.2, 0) is 16.1 Å². The Morgan fingerprint density at radius 2 is 1.83 bits per heavy atom. The van der Waals surface area contributed by atoms with Crippen molar-refractivity contribution in [2.24, 2.45) is 23.2 Å². The lowest BCUT2D eigenvalue weighted by Crippen LogP contribution is -2.50. The van der Waals surface area contributed by atoms with Crippen molar-refractivity contribution in [2.45, 2.75) is 57.9 Å². The maximum Gasteiger partial charge on any atom is 0.240 e. The van der Waals surface area contributed by atoms with Crippen LogP contribution in [0.3, 0.4) is 0 Å². The second-order valence-corrected chi connectivity index (χ2v) is 10.8. The molecule has 0 unspecified atom stereocenters. The minimum atomic E-state index is -0.228. The van der Waals surface area contributed by atoms with E-state index in [1.807, 2.05) is 22.1 Å². The maximum absolute atomic E-state index is 12.6. The van der Waals surface area contributed by atoms with Crippen molar-refractivity contribution >= 4 is 35.4 Å². The van der Waals surface area contributed by atoms with Crippen LogP contribution in [0.4, 0.5) is 0 Å². The van der Waals surface area contributed by atoms with Crippen LogP contribution in [0.2, 0.25) is 0 Å². The molecule has 9 heteroatoms. The lowest BCUT2D eigenvalue weighted by atomic mass is 9.49. The largest absolute Gasteiger partial charge is 0.299 e. The molecule has 0 radical (unpaired) electrons. The van der Waals surface area contributed by atoms with E-state index in [1.165, 1.54) is 38.5 Å². The molecule has 2 aromatic heterocycles. The van der Waals surface area contributed by atoms with E-state index in [1.54, 1.807) is 11.3 Å². The first-order valence-electron chi connectivity index (χ1n) is 10.8. The average Bonchev–Trinajstić information content (AvgIpc) is 3.33. The van der Waals surface area contributed by atoms with E-state index in [4.69, 9.17) is 12.2 Å². The van der Waals surface area contributed by atoms with E-state index in [0.717, 1.165) is 28.5 Å². The van der Waals surface area contributed by atoms with E-state index < -0.39 is 0 Å². The van der Waals surface area contributed by atoms with E-state index in [2.05, 4.69) is 21.0 Å². The Balaban J connectivity index is 1.12. The topological polar surface area (TPSA) is 91.8 Å². The SMILES string of the molecule is O=C(CCn1c(-c2cccs2)n[nH]c1=S)NNC(=O)CC12CC3CC(CC(C3)C1)C2. The highest BCUT2D eigenvalue weighted by atomic mass is 32.1. The number of hydrogen-bond donors (Lipinski definition) is 3. The molecule has 4 aliphatic carbocycles. The van der Waals surface area contributed by atoms with Crippen LogP contribution in [0.1, 0.15) is 51.4 Å². The number of rotatable bonds is 6. The highest BCUT2D eigenvalue weighted by Crippen LogP contribution is 2.61. The van der Waals surface area contributed by atoms with Crippen LogP contribution in [0.5, 0.6) is 0 Å². The van der Waals surface area contributed by atoms with Crippen molar-refractivity contribution in [1.82, 2.24) is 25.6 Å². The zero-order chi connectivity index (χ0) is 20.7. The first-order chi connectivity index (χ1) is 14.5. The number of nitrogens with one attached hydrogen (secondary N) is 3. The summed E-state index contributed by atoms with van der Waals surface area (Å²) in [7, 11) is 0. The third kappa shape index (κ3) is 3.97. The van der Waals surface area contributed by atoms with Crippen molar-refractivity contribution < 1.29 is 9.59 Å². The normalized spacial score (nSPS) is 29.1. The Kier molecular flexibility index (Phi) is 5.26. The molecule has 4 fully saturated rings. The van der Waals surface area contributed by atoms with Gasteiger partial charge in [0.05, 0.1) is 4.88 Å². The second kappa shape index (κ2) is 7.92. The van der Waals surface area contributed by atoms with Gasteiger partial charge in [-0.15, -0.1) is 11.3 Å². The highest BCUT2D eigenvalue weighted by Gasteiger charge is 2.51. The second-order valence-electron chi connectivity index (χ2n) is 9.42. The molecule has 2 heterocycles. The van der Waals surface area contributed by atoms with E-state index >= 15 is 0 Å². The zero-order valence-electron chi connectivity index (χ0n) is 16.9. The summed E-state index contributed by atoms with van der Waals surface area (Å²) in [5.74, 6) is 2.88. The molecular formula is C21H27N5O2S2. The average molecular weight is 446 g/mol. The van der Waals surface area contributed by atoms with Gasteiger partial charge in [-0.3, -0.25) is 30.1 Å². The molecule has 0 spiro atoms. The molecule has 0 aromatic carbocycles. The predicted molar refractivity (Wildman–Crippen MR) is 117 cm³/mol. The van der Waals surface area contributed by atoms with Crippen LogP contribution in [-0.4, -0.2) is 26.6 Å². The third-order valence-electron chi connectivity index (χ3n) is 7.10. The van der Waals surface area contributed by atoms with Gasteiger partial charge in [0, 0.05) is 19.4 Å². The van der Waals surface area contributed by atoms with Crippen molar-refractivity contribution in [1.29, 1.82) is 0 Å². The number of thiophene rings is 1. The van der Waals surface area contributed by atoms with Gasteiger partial charge in [0.25, 0.3) is 0 Å². The summed E-state index contributed by atoms with van der Waals surface area (Å²) >= 11 is 6.87. The van der Waals surface area contributed by atoms with Crippen molar-refractivity contribution in [3.05, 3.63) is 22.3 Å². The molecule has 30 heavy (non-hydrogen) atoms. The Morgan fingerprint density at radius 1 is 1.17 bits per heavy atom. The minimum absolute atomic E-state index is 0.0653. The number of hydrogen-bond acceptors (Lipinski definition) is 5. The number of nitrogens with zero attached hydrogens (tertiary/aromatic N) is 2. The third-order valence-corrected chi connectivity index (χ3v) is 8.28. The van der Waals surface area contributed by atoms with E-state index in [-0.39, 0.29) is 23.7 Å². The lowest BCUT2D eigenvalue weighted by molar-refractivity contribution is -0.134. The van der Waals surface area contributed by atoms with Crippen LogP contribution >= 0.6 is 23.6 Å². The van der Waals surface area contributed by atoms with Crippen molar-refractivity contribution in [3.63, 3.8) is 0 Å². The molecule has 3 N–H and O–H groups in total. The first kappa shape index (κ1) is 19.9. The summed E-state index contributed by atoms with van der Waals surface area (Å²) < 4.78 is 2.30. The van der Waals surface area contributed by atoms with E-state index in [9.17, 15) is 9.59 Å². The van der Waals surface area contributed by atoms with Gasteiger partial charge < -0.3 is 0 Å². The number of aromatic amines is 1. The molecule has 7 nitrogen and oxygen atoms in total. The molecule has 6 rings (SSSR count). The number of aromatic nitrogens is 3. The summed E-state index contributed by atoms with van der Waals surface area (Å²) in [6.45, 7) is 0.402. The quantitative estimate of drug-likeness (QED) is 0.466. The van der Waals surface area contributed by atoms with E-state index in [0.29, 0.717) is 17.7 Å². The van der Waals surface area contributed by atoms with Gasteiger partial charge in [-0.2, -0.15) is 5.10 Å². The lowest BCUT2D eigenvalue weighted by Gasteiger charge is -2.56. The first-order valence-corrected chi connectivity index (χ1v) is 12.1. The monoisotopic (exact) mass is 445 g/mol. The van der Waals surface area contributed by atoms with Crippen molar-refractivity contribution in [2.75, 3.05) is 0 Å². The van der Waals surface area contributed by atoms with Gasteiger partial charge >= 0.3 is 0 Å². The molecular weight excluding hydrogens is 418 g/mol. The van der Waals surface area contributed by atoms with Crippen LogP contribution in [0.25, 0.3) is 10.7 Å². The fourth-order valence-corrected chi connectivity index (χ4v) is 7.37. The molecule has 4 bridgehead atoms. The number of hydrazine groups is 1. The Morgan fingerprint density at radius 3 is 2.47 bits per heavy atom. The fraction of sp³-hybridized carbons (Fsp3) is 0.619. The molecule has 160 valence electrons. The zero-order valence-corrected chi connectivity index (χ0v) is 18.5.